The van der Waals surface area contributed by atoms with Crippen molar-refractivity contribution >= 4 is 22.8 Å². The molecule has 0 radical (unpaired) electrons. The van der Waals surface area contributed by atoms with Gasteiger partial charge in [-0.3, -0.25) is 14.6 Å². The van der Waals surface area contributed by atoms with Crippen LogP contribution >= 0.6 is 0 Å². The fourth-order valence-electron chi connectivity index (χ4n) is 6.15. The first kappa shape index (κ1) is 21.7. The minimum absolute atomic E-state index is 0.0447. The van der Waals surface area contributed by atoms with Gasteiger partial charge in [0.1, 0.15) is 0 Å². The molecule has 1 aromatic carbocycles. The van der Waals surface area contributed by atoms with Crippen molar-refractivity contribution in [3.05, 3.63) is 54.5 Å². The third kappa shape index (κ3) is 4.03. The van der Waals surface area contributed by atoms with E-state index in [1.807, 2.05) is 29.4 Å². The number of aliphatic carboxylic acids is 1. The van der Waals surface area contributed by atoms with Gasteiger partial charge in [0.15, 0.2) is 0 Å². The van der Waals surface area contributed by atoms with E-state index in [0.29, 0.717) is 6.42 Å². The number of rotatable bonds is 5. The lowest BCUT2D eigenvalue weighted by atomic mass is 9.71. The van der Waals surface area contributed by atoms with Gasteiger partial charge in [-0.15, -0.1) is 0 Å². The summed E-state index contributed by atoms with van der Waals surface area (Å²) in [5.41, 5.74) is 4.37. The number of fused-ring (bicyclic) bond motifs is 2. The number of hydrogen-bond acceptors (Lipinski definition) is 3. The average Bonchev–Trinajstić information content (AvgIpc) is 3.28. The molecule has 3 heterocycles. The van der Waals surface area contributed by atoms with Gasteiger partial charge in [0.25, 0.3) is 0 Å². The first-order valence-corrected chi connectivity index (χ1v) is 12.1. The van der Waals surface area contributed by atoms with E-state index in [2.05, 4.69) is 35.1 Å². The van der Waals surface area contributed by atoms with Gasteiger partial charge in [0.05, 0.1) is 5.92 Å². The second kappa shape index (κ2) is 9.00. The van der Waals surface area contributed by atoms with Crippen molar-refractivity contribution in [1.82, 2.24) is 14.9 Å². The molecule has 4 atom stereocenters. The van der Waals surface area contributed by atoms with Crippen LogP contribution in [0.25, 0.3) is 22.0 Å². The van der Waals surface area contributed by atoms with Crippen molar-refractivity contribution in [2.75, 3.05) is 6.54 Å². The Labute approximate surface area is 194 Å². The number of carboxylic acids is 1. The van der Waals surface area contributed by atoms with Crippen molar-refractivity contribution in [2.45, 2.75) is 57.4 Å². The maximum atomic E-state index is 13.5. The summed E-state index contributed by atoms with van der Waals surface area (Å²) in [6.45, 7) is 2.86. The quantitative estimate of drug-likeness (QED) is 0.564. The number of amides is 1. The topological polar surface area (TPSA) is 86.3 Å². The van der Waals surface area contributed by atoms with Crippen LogP contribution in [0.4, 0.5) is 0 Å². The second-order valence-electron chi connectivity index (χ2n) is 9.66. The SMILES string of the molecule is CC(CC(=O)N1CCCC2C(C(=O)O)CCCC21)c1c[nH]c2cccc(-c3cccnc3)c12. The zero-order valence-electron chi connectivity index (χ0n) is 19.0. The Kier molecular flexibility index (Phi) is 5.92. The number of piperidine rings is 1. The zero-order valence-corrected chi connectivity index (χ0v) is 19.0. The largest absolute Gasteiger partial charge is 0.481 e. The van der Waals surface area contributed by atoms with Gasteiger partial charge >= 0.3 is 5.97 Å². The number of carboxylic acid groups (broad SMARTS) is 1. The number of nitrogens with one attached hydrogen (secondary N) is 1. The Morgan fingerprint density at radius 3 is 2.85 bits per heavy atom. The molecule has 172 valence electrons. The molecule has 3 aromatic rings. The molecular weight excluding hydrogens is 414 g/mol. The number of aromatic nitrogens is 2. The van der Waals surface area contributed by atoms with E-state index in [0.717, 1.165) is 66.2 Å². The lowest BCUT2D eigenvalue weighted by Gasteiger charge is -2.46. The summed E-state index contributed by atoms with van der Waals surface area (Å²) in [5.74, 6) is -0.726. The van der Waals surface area contributed by atoms with Crippen molar-refractivity contribution in [3.63, 3.8) is 0 Å². The number of nitrogens with zero attached hydrogens (tertiary/aromatic N) is 2. The normalized spacial score (nSPS) is 23.8. The lowest BCUT2D eigenvalue weighted by molar-refractivity contribution is -0.152. The number of carbonyl (C=O) groups excluding carboxylic acids is 1. The molecule has 0 spiro atoms. The molecule has 2 fully saturated rings. The van der Waals surface area contributed by atoms with Crippen LogP contribution < -0.4 is 0 Å². The molecular formula is C27H31N3O3. The molecule has 1 amide bonds. The number of pyridine rings is 1. The van der Waals surface area contributed by atoms with Crippen LogP contribution in [0.15, 0.2) is 48.9 Å². The molecule has 6 nitrogen and oxygen atoms in total. The minimum Gasteiger partial charge on any atom is -0.481 e. The van der Waals surface area contributed by atoms with Crippen molar-refractivity contribution in [1.29, 1.82) is 0 Å². The summed E-state index contributed by atoms with van der Waals surface area (Å²) < 4.78 is 0. The molecule has 33 heavy (non-hydrogen) atoms. The highest BCUT2D eigenvalue weighted by Crippen LogP contribution is 2.41. The summed E-state index contributed by atoms with van der Waals surface area (Å²) in [7, 11) is 0. The highest BCUT2D eigenvalue weighted by atomic mass is 16.4. The number of aromatic amines is 1. The van der Waals surface area contributed by atoms with Gasteiger partial charge in [0, 0.05) is 54.1 Å². The van der Waals surface area contributed by atoms with Gasteiger partial charge < -0.3 is 15.0 Å². The second-order valence-corrected chi connectivity index (χ2v) is 9.66. The standard InChI is InChI=1S/C27H31N3O3/c1-17(14-25(31)30-13-5-9-20-21(27(32)33)8-3-11-24(20)30)22-16-29-23-10-2-7-19(26(22)23)18-6-4-12-28-15-18/h2,4,6-7,10,12,15-17,20-21,24,29H,3,5,8-9,11,13-14H2,1H3,(H,32,33). The Morgan fingerprint density at radius 2 is 2.06 bits per heavy atom. The van der Waals surface area contributed by atoms with Crippen LogP contribution in [0, 0.1) is 11.8 Å². The fraction of sp³-hybridized carbons (Fsp3) is 0.444. The van der Waals surface area contributed by atoms with E-state index in [1.165, 1.54) is 0 Å². The number of hydrogen-bond donors (Lipinski definition) is 2. The zero-order chi connectivity index (χ0) is 22.9. The average molecular weight is 446 g/mol. The van der Waals surface area contributed by atoms with Crippen LogP contribution in [0.2, 0.25) is 0 Å². The van der Waals surface area contributed by atoms with Crippen LogP contribution in [0.5, 0.6) is 0 Å². The van der Waals surface area contributed by atoms with Gasteiger partial charge in [-0.05, 0) is 60.8 Å². The fourth-order valence-corrected chi connectivity index (χ4v) is 6.15. The monoisotopic (exact) mass is 445 g/mol. The molecule has 1 aliphatic carbocycles. The molecule has 2 aliphatic rings. The highest BCUT2D eigenvalue weighted by molar-refractivity contribution is 5.98. The van der Waals surface area contributed by atoms with E-state index in [1.54, 1.807) is 6.20 Å². The van der Waals surface area contributed by atoms with E-state index in [9.17, 15) is 14.7 Å². The Morgan fingerprint density at radius 1 is 1.18 bits per heavy atom. The van der Waals surface area contributed by atoms with E-state index < -0.39 is 5.97 Å². The van der Waals surface area contributed by atoms with Gasteiger partial charge in [-0.25, -0.2) is 0 Å². The predicted octanol–water partition coefficient (Wildman–Crippen LogP) is 5.22. The molecule has 2 N–H and O–H groups in total. The van der Waals surface area contributed by atoms with E-state index in [4.69, 9.17) is 0 Å². The highest BCUT2D eigenvalue weighted by Gasteiger charge is 2.43. The Balaban J connectivity index is 1.39. The predicted molar refractivity (Wildman–Crippen MR) is 128 cm³/mol. The summed E-state index contributed by atoms with van der Waals surface area (Å²) >= 11 is 0. The summed E-state index contributed by atoms with van der Waals surface area (Å²) in [5, 5.41) is 10.8. The van der Waals surface area contributed by atoms with Crippen molar-refractivity contribution < 1.29 is 14.7 Å². The third-order valence-electron chi connectivity index (χ3n) is 7.72. The van der Waals surface area contributed by atoms with Crippen LogP contribution in [0.3, 0.4) is 0 Å². The minimum atomic E-state index is -0.700. The summed E-state index contributed by atoms with van der Waals surface area (Å²) in [6, 6.07) is 10.3. The molecule has 2 aromatic heterocycles. The van der Waals surface area contributed by atoms with Crippen molar-refractivity contribution in [3.8, 4) is 11.1 Å². The number of likely N-dealkylation sites (tertiary alicyclic amines) is 1. The van der Waals surface area contributed by atoms with Crippen LogP contribution in [-0.4, -0.2) is 44.4 Å². The van der Waals surface area contributed by atoms with Crippen LogP contribution in [0.1, 0.15) is 56.9 Å². The molecule has 6 heteroatoms. The summed E-state index contributed by atoms with van der Waals surface area (Å²) in [4.78, 5) is 34.9. The number of H-pyrrole nitrogens is 1. The maximum Gasteiger partial charge on any atom is 0.306 e. The first-order valence-electron chi connectivity index (χ1n) is 12.1. The number of benzene rings is 1. The molecule has 1 saturated carbocycles. The lowest BCUT2D eigenvalue weighted by Crippen LogP contribution is -2.53. The van der Waals surface area contributed by atoms with Gasteiger partial charge in [-0.1, -0.05) is 31.5 Å². The van der Waals surface area contributed by atoms with Gasteiger partial charge in [-0.2, -0.15) is 0 Å². The van der Waals surface area contributed by atoms with E-state index >= 15 is 0 Å². The van der Waals surface area contributed by atoms with Gasteiger partial charge in [0.2, 0.25) is 5.91 Å². The van der Waals surface area contributed by atoms with E-state index in [-0.39, 0.29) is 29.7 Å². The molecule has 0 bridgehead atoms. The van der Waals surface area contributed by atoms with Crippen LogP contribution in [-0.2, 0) is 9.59 Å². The van der Waals surface area contributed by atoms with Crippen molar-refractivity contribution in [2.24, 2.45) is 11.8 Å². The summed E-state index contributed by atoms with van der Waals surface area (Å²) in [6.07, 6.45) is 10.5. The Hall–Kier alpha value is -3.15. The molecule has 1 saturated heterocycles. The smallest absolute Gasteiger partial charge is 0.306 e. The first-order chi connectivity index (χ1) is 16.0. The molecule has 5 rings (SSSR count). The molecule has 4 unspecified atom stereocenters. The maximum absolute atomic E-state index is 13.5. The molecule has 1 aliphatic heterocycles. The Bertz CT molecular complexity index is 1160. The third-order valence-corrected chi connectivity index (χ3v) is 7.72. The number of carbonyl (C=O) groups is 2.